The fourth-order valence-corrected chi connectivity index (χ4v) is 5.50. The molecular formula is C37H49N3O7. The summed E-state index contributed by atoms with van der Waals surface area (Å²) in [5, 5.41) is 3.21. The van der Waals surface area contributed by atoms with Crippen LogP contribution >= 0.6 is 0 Å². The molecule has 1 fully saturated rings. The second-order valence-electron chi connectivity index (χ2n) is 11.1. The highest BCUT2D eigenvalue weighted by molar-refractivity contribution is 5.92. The molecule has 3 aromatic carbocycles. The summed E-state index contributed by atoms with van der Waals surface area (Å²) in [6.07, 6.45) is 4.07. The molecule has 1 heterocycles. The maximum Gasteiger partial charge on any atom is 0.245 e. The molecular weight excluding hydrogens is 598 g/mol. The summed E-state index contributed by atoms with van der Waals surface area (Å²) < 4.78 is 32.5. The van der Waals surface area contributed by atoms with E-state index >= 15 is 0 Å². The molecule has 0 aliphatic carbocycles. The van der Waals surface area contributed by atoms with Crippen molar-refractivity contribution in [3.8, 4) is 11.5 Å². The first-order valence-corrected chi connectivity index (χ1v) is 16.2. The maximum atomic E-state index is 13.1. The van der Waals surface area contributed by atoms with E-state index in [1.54, 1.807) is 38.5 Å². The van der Waals surface area contributed by atoms with Gasteiger partial charge in [-0.1, -0.05) is 73.7 Å². The Kier molecular flexibility index (Phi) is 15.7. The molecule has 0 bridgehead atoms. The topological polar surface area (TPSA) is 91.0 Å². The van der Waals surface area contributed by atoms with Gasteiger partial charge in [0.05, 0.1) is 38.6 Å². The molecule has 1 unspecified atom stereocenters. The third-order valence-corrected chi connectivity index (χ3v) is 7.94. The van der Waals surface area contributed by atoms with Gasteiger partial charge >= 0.3 is 0 Å². The minimum atomic E-state index is -0.150. The van der Waals surface area contributed by atoms with Crippen molar-refractivity contribution in [2.24, 2.45) is 0 Å². The van der Waals surface area contributed by atoms with Gasteiger partial charge in [0.15, 0.2) is 25.1 Å². The van der Waals surface area contributed by atoms with Crippen molar-refractivity contribution >= 4 is 12.0 Å². The van der Waals surface area contributed by atoms with E-state index in [0.29, 0.717) is 37.9 Å². The van der Waals surface area contributed by atoms with Crippen LogP contribution in [0.15, 0.2) is 84.9 Å². The lowest BCUT2D eigenvalue weighted by molar-refractivity contribution is -0.118. The van der Waals surface area contributed by atoms with E-state index < -0.39 is 0 Å². The van der Waals surface area contributed by atoms with E-state index in [1.807, 2.05) is 6.07 Å². The van der Waals surface area contributed by atoms with Crippen LogP contribution in [0.1, 0.15) is 36.1 Å². The summed E-state index contributed by atoms with van der Waals surface area (Å²) in [5.41, 5.74) is 3.37. The van der Waals surface area contributed by atoms with Crippen molar-refractivity contribution < 1.29 is 33.2 Å². The first kappa shape index (κ1) is 36.1. The highest BCUT2D eigenvalue weighted by Gasteiger charge is 2.29. The molecule has 47 heavy (non-hydrogen) atoms. The van der Waals surface area contributed by atoms with Crippen molar-refractivity contribution in [2.45, 2.75) is 25.6 Å². The third-order valence-electron chi connectivity index (χ3n) is 7.94. The predicted octanol–water partition coefficient (Wildman–Crippen LogP) is 4.96. The number of rotatable bonds is 20. The molecule has 254 valence electrons. The minimum absolute atomic E-state index is 0.0286. The Morgan fingerprint density at radius 3 is 1.85 bits per heavy atom. The normalized spacial score (nSPS) is 14.8. The summed E-state index contributed by atoms with van der Waals surface area (Å²) in [6.45, 7) is 7.48. The van der Waals surface area contributed by atoms with Crippen LogP contribution in [0.3, 0.4) is 0 Å². The average molecular weight is 648 g/mol. The largest absolute Gasteiger partial charge is 0.464 e. The molecule has 0 spiro atoms. The Labute approximate surface area is 279 Å². The first-order valence-electron chi connectivity index (χ1n) is 16.2. The number of benzene rings is 3. The fraction of sp³-hybridized carbons (Fsp3) is 0.432. The summed E-state index contributed by atoms with van der Waals surface area (Å²) in [7, 11) is 3.23. The number of nitrogens with zero attached hydrogens (tertiary/aromatic N) is 2. The van der Waals surface area contributed by atoms with Crippen molar-refractivity contribution in [1.29, 1.82) is 0 Å². The molecule has 1 saturated heterocycles. The second kappa shape index (κ2) is 20.5. The number of nitrogens with one attached hydrogen (secondary N) is 1. The van der Waals surface area contributed by atoms with E-state index in [0.717, 1.165) is 38.2 Å². The number of methoxy groups -OCH3 is 2. The lowest BCUT2D eigenvalue weighted by atomic mass is 9.96. The van der Waals surface area contributed by atoms with E-state index in [9.17, 15) is 4.79 Å². The lowest BCUT2D eigenvalue weighted by Crippen LogP contribution is -2.56. The summed E-state index contributed by atoms with van der Waals surface area (Å²) in [5.74, 6) is 0.836. The molecule has 1 aliphatic heterocycles. The van der Waals surface area contributed by atoms with Gasteiger partial charge in [-0.05, 0) is 41.3 Å². The Balaban J connectivity index is 1.33. The zero-order valence-electron chi connectivity index (χ0n) is 27.8. The molecule has 1 N–H and O–H groups in total. The van der Waals surface area contributed by atoms with Gasteiger partial charge in [0, 0.05) is 46.5 Å². The Bertz CT molecular complexity index is 1290. The molecule has 4 rings (SSSR count). The number of hydrogen-bond acceptors (Lipinski definition) is 9. The van der Waals surface area contributed by atoms with Crippen LogP contribution in [-0.2, 0) is 23.7 Å². The molecule has 0 radical (unpaired) electrons. The van der Waals surface area contributed by atoms with Gasteiger partial charge in [-0.2, -0.15) is 0 Å². The zero-order valence-corrected chi connectivity index (χ0v) is 27.8. The smallest absolute Gasteiger partial charge is 0.245 e. The average Bonchev–Trinajstić information content (AvgIpc) is 3.11. The van der Waals surface area contributed by atoms with E-state index in [4.69, 9.17) is 28.4 Å². The number of carbonyl (C=O) groups excluding carboxylic acids is 1. The van der Waals surface area contributed by atoms with Crippen LogP contribution in [0.5, 0.6) is 11.5 Å². The van der Waals surface area contributed by atoms with Crippen molar-refractivity contribution in [1.82, 2.24) is 15.1 Å². The molecule has 0 aromatic heterocycles. The minimum Gasteiger partial charge on any atom is -0.464 e. The Morgan fingerprint density at radius 2 is 1.30 bits per heavy atom. The monoisotopic (exact) mass is 647 g/mol. The Hall–Kier alpha value is -3.77. The number of hydrogen-bond donors (Lipinski definition) is 1. The SMILES string of the molecule is CCC(NC(=O)C=Cc1ccc(OCOCCOC)c(OCOCCOC)c1)N1CCN(C(c2ccccc2)c2ccccc2)CC1. The van der Waals surface area contributed by atoms with Crippen LogP contribution in [0.25, 0.3) is 6.08 Å². The number of amides is 1. The van der Waals surface area contributed by atoms with Gasteiger partial charge < -0.3 is 33.7 Å². The van der Waals surface area contributed by atoms with Gasteiger partial charge in [-0.3, -0.25) is 14.6 Å². The van der Waals surface area contributed by atoms with E-state index in [1.165, 1.54) is 11.1 Å². The first-order chi connectivity index (χ1) is 23.1. The van der Waals surface area contributed by atoms with Crippen LogP contribution in [0.4, 0.5) is 0 Å². The molecule has 10 heteroatoms. The molecule has 1 amide bonds. The van der Waals surface area contributed by atoms with E-state index in [-0.39, 0.29) is 31.7 Å². The van der Waals surface area contributed by atoms with Gasteiger partial charge in [0.25, 0.3) is 0 Å². The van der Waals surface area contributed by atoms with Gasteiger partial charge in [0.1, 0.15) is 0 Å². The summed E-state index contributed by atoms with van der Waals surface area (Å²) in [4.78, 5) is 18.0. The number of piperazine rings is 1. The second-order valence-corrected chi connectivity index (χ2v) is 11.1. The molecule has 0 saturated carbocycles. The van der Waals surface area contributed by atoms with E-state index in [2.05, 4.69) is 82.7 Å². The van der Waals surface area contributed by atoms with Gasteiger partial charge in [-0.25, -0.2) is 0 Å². The lowest BCUT2D eigenvalue weighted by Gasteiger charge is -2.42. The maximum absolute atomic E-state index is 13.1. The van der Waals surface area contributed by atoms with Crippen LogP contribution in [-0.4, -0.2) is 102 Å². The van der Waals surface area contributed by atoms with Crippen LogP contribution in [0, 0.1) is 0 Å². The summed E-state index contributed by atoms with van der Waals surface area (Å²) >= 11 is 0. The molecule has 3 aromatic rings. The van der Waals surface area contributed by atoms with Crippen molar-refractivity contribution in [3.05, 3.63) is 102 Å². The Morgan fingerprint density at radius 1 is 0.745 bits per heavy atom. The molecule has 1 atom stereocenters. The zero-order chi connectivity index (χ0) is 33.1. The number of carbonyl (C=O) groups is 1. The molecule has 10 nitrogen and oxygen atoms in total. The van der Waals surface area contributed by atoms with Crippen LogP contribution in [0.2, 0.25) is 0 Å². The predicted molar refractivity (Wildman–Crippen MR) is 182 cm³/mol. The third kappa shape index (κ3) is 11.8. The van der Waals surface area contributed by atoms with Crippen molar-refractivity contribution in [3.63, 3.8) is 0 Å². The standard InChI is InChI=1S/C37H49N3O7/c1-4-35(39-19-21-40(22-20-39)37(31-11-7-5-8-12-31)32-13-9-6-10-14-32)38-36(41)18-16-30-15-17-33(46-28-44-25-23-42-2)34(27-30)47-29-45-26-24-43-3/h5-18,27,35,37H,4,19-26,28-29H2,1-3H3,(H,38,41). The van der Waals surface area contributed by atoms with Crippen LogP contribution < -0.4 is 14.8 Å². The van der Waals surface area contributed by atoms with Crippen molar-refractivity contribution in [2.75, 3.05) is 80.4 Å². The summed E-state index contributed by atoms with van der Waals surface area (Å²) in [6, 6.07) is 27.0. The molecule has 1 aliphatic rings. The number of ether oxygens (including phenoxy) is 6. The quantitative estimate of drug-likeness (QED) is 0.104. The van der Waals surface area contributed by atoms with Gasteiger partial charge in [0.2, 0.25) is 5.91 Å². The highest BCUT2D eigenvalue weighted by atomic mass is 16.7. The highest BCUT2D eigenvalue weighted by Crippen LogP contribution is 2.31. The fourth-order valence-electron chi connectivity index (χ4n) is 5.50. The van der Waals surface area contributed by atoms with Gasteiger partial charge in [-0.15, -0.1) is 0 Å².